The molecule has 1 aromatic carbocycles. The summed E-state index contributed by atoms with van der Waals surface area (Å²) in [6.45, 7) is 3.63. The van der Waals surface area contributed by atoms with Crippen molar-refractivity contribution in [1.82, 2.24) is 5.32 Å². The quantitative estimate of drug-likeness (QED) is 0.897. The van der Waals surface area contributed by atoms with Gasteiger partial charge in [0.25, 0.3) is 0 Å². The van der Waals surface area contributed by atoms with Gasteiger partial charge in [0.1, 0.15) is 0 Å². The van der Waals surface area contributed by atoms with Crippen molar-refractivity contribution in [1.29, 1.82) is 0 Å². The molecular formula is C18H26N2. The Labute approximate surface area is 122 Å². The van der Waals surface area contributed by atoms with Gasteiger partial charge in [-0.3, -0.25) is 0 Å². The minimum absolute atomic E-state index is 0.685. The molecule has 1 N–H and O–H groups in total. The molecule has 4 rings (SSSR count). The Bertz CT molecular complexity index is 447. The summed E-state index contributed by atoms with van der Waals surface area (Å²) in [6, 6.07) is 10.0. The Morgan fingerprint density at radius 2 is 1.70 bits per heavy atom. The minimum Gasteiger partial charge on any atom is -0.370 e. The Balaban J connectivity index is 1.32. The normalized spacial score (nSPS) is 24.7. The van der Waals surface area contributed by atoms with Gasteiger partial charge in [-0.05, 0) is 43.4 Å². The fourth-order valence-corrected chi connectivity index (χ4v) is 3.94. The number of nitrogens with one attached hydrogen (secondary N) is 1. The number of hydrogen-bond acceptors (Lipinski definition) is 2. The molecule has 1 saturated heterocycles. The third kappa shape index (κ3) is 2.58. The first kappa shape index (κ1) is 12.7. The van der Waals surface area contributed by atoms with Gasteiger partial charge in [-0.1, -0.05) is 31.4 Å². The molecule has 1 heterocycles. The summed E-state index contributed by atoms with van der Waals surface area (Å²) >= 11 is 0. The fraction of sp³-hybridized carbons (Fsp3) is 0.667. The SMILES string of the molecule is c1cc(N2CC3(CCCCC3)C2)ccc1CNC1CC1. The van der Waals surface area contributed by atoms with E-state index in [1.165, 1.54) is 69.3 Å². The highest BCUT2D eigenvalue weighted by Crippen LogP contribution is 2.45. The van der Waals surface area contributed by atoms with Crippen molar-refractivity contribution in [2.45, 2.75) is 57.5 Å². The summed E-state index contributed by atoms with van der Waals surface area (Å²) in [7, 11) is 0. The molecular weight excluding hydrogens is 244 g/mol. The first-order chi connectivity index (χ1) is 9.83. The molecule has 3 aliphatic rings. The number of benzene rings is 1. The molecule has 1 aromatic rings. The molecule has 0 atom stereocenters. The van der Waals surface area contributed by atoms with Gasteiger partial charge in [0, 0.05) is 36.8 Å². The summed E-state index contributed by atoms with van der Waals surface area (Å²) in [5.74, 6) is 0. The van der Waals surface area contributed by atoms with Crippen LogP contribution < -0.4 is 10.2 Å². The molecule has 3 fully saturated rings. The van der Waals surface area contributed by atoms with Gasteiger partial charge in [0.2, 0.25) is 0 Å². The molecule has 0 aromatic heterocycles. The monoisotopic (exact) mass is 270 g/mol. The standard InChI is InChI=1S/C18H26N2/c1-2-10-18(11-3-1)13-20(14-18)17-8-4-15(5-9-17)12-19-16-6-7-16/h4-5,8-9,16,19H,1-3,6-7,10-14H2. The van der Waals surface area contributed by atoms with Crippen molar-refractivity contribution in [2.24, 2.45) is 5.41 Å². The first-order valence-electron chi connectivity index (χ1n) is 8.40. The Hall–Kier alpha value is -1.02. The van der Waals surface area contributed by atoms with Crippen LogP contribution in [-0.2, 0) is 6.54 Å². The molecule has 1 spiro atoms. The summed E-state index contributed by atoms with van der Waals surface area (Å²) in [5.41, 5.74) is 3.54. The van der Waals surface area contributed by atoms with E-state index in [2.05, 4.69) is 34.5 Å². The van der Waals surface area contributed by atoms with E-state index >= 15 is 0 Å². The first-order valence-corrected chi connectivity index (χ1v) is 8.40. The van der Waals surface area contributed by atoms with E-state index in [1.807, 2.05) is 0 Å². The van der Waals surface area contributed by atoms with Gasteiger partial charge >= 0.3 is 0 Å². The van der Waals surface area contributed by atoms with Crippen LogP contribution in [0.15, 0.2) is 24.3 Å². The molecule has 0 unspecified atom stereocenters. The van der Waals surface area contributed by atoms with E-state index in [0.29, 0.717) is 5.41 Å². The highest BCUT2D eigenvalue weighted by molar-refractivity contribution is 5.51. The maximum atomic E-state index is 3.58. The van der Waals surface area contributed by atoms with Crippen molar-refractivity contribution in [3.8, 4) is 0 Å². The van der Waals surface area contributed by atoms with Crippen LogP contribution in [0.25, 0.3) is 0 Å². The third-order valence-corrected chi connectivity index (χ3v) is 5.44. The molecule has 20 heavy (non-hydrogen) atoms. The van der Waals surface area contributed by atoms with Crippen LogP contribution in [0.5, 0.6) is 0 Å². The number of anilines is 1. The molecule has 1 aliphatic heterocycles. The second-order valence-corrected chi connectivity index (χ2v) is 7.24. The summed E-state index contributed by atoms with van der Waals surface area (Å²) in [6.07, 6.45) is 10.0. The summed E-state index contributed by atoms with van der Waals surface area (Å²) in [4.78, 5) is 2.57. The largest absolute Gasteiger partial charge is 0.370 e. The topological polar surface area (TPSA) is 15.3 Å². The molecule has 0 amide bonds. The van der Waals surface area contributed by atoms with Gasteiger partial charge in [0.05, 0.1) is 0 Å². The molecule has 2 heteroatoms. The van der Waals surface area contributed by atoms with Crippen molar-refractivity contribution in [3.05, 3.63) is 29.8 Å². The van der Waals surface area contributed by atoms with Crippen LogP contribution in [0, 0.1) is 5.41 Å². The van der Waals surface area contributed by atoms with Crippen molar-refractivity contribution in [2.75, 3.05) is 18.0 Å². The second-order valence-electron chi connectivity index (χ2n) is 7.24. The van der Waals surface area contributed by atoms with Crippen LogP contribution in [0.3, 0.4) is 0 Å². The van der Waals surface area contributed by atoms with Crippen molar-refractivity contribution in [3.63, 3.8) is 0 Å². The molecule has 2 aliphatic carbocycles. The summed E-state index contributed by atoms with van der Waals surface area (Å²) < 4.78 is 0. The van der Waals surface area contributed by atoms with Crippen LogP contribution in [0.1, 0.15) is 50.5 Å². The zero-order valence-electron chi connectivity index (χ0n) is 12.4. The van der Waals surface area contributed by atoms with E-state index in [-0.39, 0.29) is 0 Å². The summed E-state index contributed by atoms with van der Waals surface area (Å²) in [5, 5.41) is 3.58. The van der Waals surface area contributed by atoms with E-state index in [4.69, 9.17) is 0 Å². The maximum Gasteiger partial charge on any atom is 0.0366 e. The molecule has 2 saturated carbocycles. The minimum atomic E-state index is 0.685. The zero-order chi connectivity index (χ0) is 13.4. The molecule has 0 radical (unpaired) electrons. The van der Waals surface area contributed by atoms with E-state index in [1.54, 1.807) is 0 Å². The smallest absolute Gasteiger partial charge is 0.0366 e. The molecule has 2 nitrogen and oxygen atoms in total. The van der Waals surface area contributed by atoms with Crippen LogP contribution in [0.4, 0.5) is 5.69 Å². The lowest BCUT2D eigenvalue weighted by molar-refractivity contribution is 0.139. The van der Waals surface area contributed by atoms with Crippen molar-refractivity contribution >= 4 is 5.69 Å². The third-order valence-electron chi connectivity index (χ3n) is 5.44. The average Bonchev–Trinajstić information content (AvgIpc) is 3.28. The van der Waals surface area contributed by atoms with Crippen molar-refractivity contribution < 1.29 is 0 Å². The van der Waals surface area contributed by atoms with E-state index in [9.17, 15) is 0 Å². The zero-order valence-corrected chi connectivity index (χ0v) is 12.4. The van der Waals surface area contributed by atoms with Gasteiger partial charge in [-0.2, -0.15) is 0 Å². The maximum absolute atomic E-state index is 3.58. The Kier molecular flexibility index (Phi) is 3.22. The van der Waals surface area contributed by atoms with Crippen LogP contribution in [-0.4, -0.2) is 19.1 Å². The highest BCUT2D eigenvalue weighted by atomic mass is 15.2. The van der Waals surface area contributed by atoms with Gasteiger partial charge in [0.15, 0.2) is 0 Å². The number of hydrogen-bond donors (Lipinski definition) is 1. The van der Waals surface area contributed by atoms with Gasteiger partial charge < -0.3 is 10.2 Å². The predicted octanol–water partition coefficient (Wildman–Crippen LogP) is 3.71. The average molecular weight is 270 g/mol. The number of rotatable bonds is 4. The Morgan fingerprint density at radius 3 is 2.35 bits per heavy atom. The highest BCUT2D eigenvalue weighted by Gasteiger charge is 2.43. The van der Waals surface area contributed by atoms with E-state index in [0.717, 1.165) is 12.6 Å². The lowest BCUT2D eigenvalue weighted by atomic mass is 9.68. The lowest BCUT2D eigenvalue weighted by Gasteiger charge is -2.53. The van der Waals surface area contributed by atoms with Crippen LogP contribution >= 0.6 is 0 Å². The second kappa shape index (κ2) is 5.07. The molecule has 108 valence electrons. The lowest BCUT2D eigenvalue weighted by Crippen LogP contribution is -2.57. The van der Waals surface area contributed by atoms with Gasteiger partial charge in [-0.25, -0.2) is 0 Å². The van der Waals surface area contributed by atoms with Gasteiger partial charge in [-0.15, -0.1) is 0 Å². The predicted molar refractivity (Wildman–Crippen MR) is 84.0 cm³/mol. The number of nitrogens with zero attached hydrogens (tertiary/aromatic N) is 1. The Morgan fingerprint density at radius 1 is 1.00 bits per heavy atom. The fourth-order valence-electron chi connectivity index (χ4n) is 3.94. The van der Waals surface area contributed by atoms with Crippen LogP contribution in [0.2, 0.25) is 0 Å². The van der Waals surface area contributed by atoms with E-state index < -0.39 is 0 Å². The molecule has 0 bridgehead atoms.